The van der Waals surface area contributed by atoms with E-state index in [-0.39, 0.29) is 43.2 Å². The summed E-state index contributed by atoms with van der Waals surface area (Å²) in [7, 11) is 0. The number of rotatable bonds is 2. The molecular formula is C26H29F2N5O3. The summed E-state index contributed by atoms with van der Waals surface area (Å²) in [5.41, 5.74) is 0.473. The average Bonchev–Trinajstić information content (AvgIpc) is 3.63. The van der Waals surface area contributed by atoms with Crippen LogP contribution in [0.1, 0.15) is 48.3 Å². The first-order chi connectivity index (χ1) is 17.4. The summed E-state index contributed by atoms with van der Waals surface area (Å²) in [6.07, 6.45) is 4.27. The van der Waals surface area contributed by atoms with Crippen LogP contribution in [-0.4, -0.2) is 70.9 Å². The fourth-order valence-electron chi connectivity index (χ4n) is 6.83. The fourth-order valence-corrected chi connectivity index (χ4v) is 6.83. The molecule has 36 heavy (non-hydrogen) atoms. The van der Waals surface area contributed by atoms with Gasteiger partial charge in [-0.1, -0.05) is 18.2 Å². The van der Waals surface area contributed by atoms with Crippen molar-refractivity contribution in [2.24, 2.45) is 5.92 Å². The molecule has 0 unspecified atom stereocenters. The third-order valence-electron chi connectivity index (χ3n) is 8.33. The number of carbonyl (C=O) groups excluding carboxylic acids is 3. The Hall–Kier alpha value is -3.27. The Morgan fingerprint density at radius 3 is 2.69 bits per heavy atom. The minimum Gasteiger partial charge on any atom is -0.356 e. The minimum absolute atomic E-state index is 0.0958. The summed E-state index contributed by atoms with van der Waals surface area (Å²) >= 11 is 0. The molecule has 10 heteroatoms. The van der Waals surface area contributed by atoms with Gasteiger partial charge in [0.2, 0.25) is 5.91 Å². The number of carbonyl (C=O) groups is 3. The molecule has 0 radical (unpaired) electrons. The van der Waals surface area contributed by atoms with Gasteiger partial charge < -0.3 is 15.1 Å². The lowest BCUT2D eigenvalue weighted by molar-refractivity contribution is -0.139. The number of hydrogen-bond acceptors (Lipinski definition) is 4. The van der Waals surface area contributed by atoms with Gasteiger partial charge in [0.25, 0.3) is 11.8 Å². The molecule has 6 rings (SSSR count). The van der Waals surface area contributed by atoms with Gasteiger partial charge in [-0.25, -0.2) is 0 Å². The lowest BCUT2D eigenvalue weighted by Gasteiger charge is -2.38. The maximum Gasteiger partial charge on any atom is 0.319 e. The number of hydrogen-bond donors (Lipinski definition) is 1. The Bertz CT molecular complexity index is 1220. The highest BCUT2D eigenvalue weighted by Crippen LogP contribution is 2.57. The topological polar surface area (TPSA) is 77.9 Å². The Morgan fingerprint density at radius 1 is 1.03 bits per heavy atom. The van der Waals surface area contributed by atoms with Gasteiger partial charge in [-0.05, 0) is 50.4 Å². The van der Waals surface area contributed by atoms with Gasteiger partial charge in [0, 0.05) is 49.7 Å². The number of amides is 3. The molecule has 5 heterocycles. The van der Waals surface area contributed by atoms with E-state index < -0.39 is 23.9 Å². The van der Waals surface area contributed by atoms with E-state index in [0.29, 0.717) is 24.0 Å². The number of halogens is 2. The zero-order chi connectivity index (χ0) is 25.0. The third kappa shape index (κ3) is 3.23. The predicted octanol–water partition coefficient (Wildman–Crippen LogP) is 2.57. The van der Waals surface area contributed by atoms with Crippen LogP contribution in [0.3, 0.4) is 0 Å². The van der Waals surface area contributed by atoms with Crippen LogP contribution >= 0.6 is 0 Å². The lowest BCUT2D eigenvalue weighted by Crippen LogP contribution is -2.57. The molecule has 4 aliphatic rings. The summed E-state index contributed by atoms with van der Waals surface area (Å²) in [6, 6.07) is 10.6. The van der Waals surface area contributed by atoms with Crippen LogP contribution in [0.15, 0.2) is 42.6 Å². The van der Waals surface area contributed by atoms with E-state index in [0.717, 1.165) is 30.6 Å². The van der Waals surface area contributed by atoms with Crippen molar-refractivity contribution >= 4 is 23.4 Å². The molecule has 1 N–H and O–H groups in total. The Kier molecular flexibility index (Phi) is 5.59. The molecule has 3 atom stereocenters. The molecule has 2 bridgehead atoms. The third-order valence-corrected chi connectivity index (χ3v) is 8.33. The normalized spacial score (nSPS) is 28.4. The smallest absolute Gasteiger partial charge is 0.319 e. The second-order valence-electron chi connectivity index (χ2n) is 10.0. The van der Waals surface area contributed by atoms with Crippen molar-refractivity contribution < 1.29 is 23.2 Å². The van der Waals surface area contributed by atoms with Gasteiger partial charge in [0.05, 0.1) is 5.92 Å². The van der Waals surface area contributed by atoms with Gasteiger partial charge in [-0.15, -0.1) is 0 Å². The molecule has 3 fully saturated rings. The molecule has 190 valence electrons. The van der Waals surface area contributed by atoms with Crippen LogP contribution in [0.4, 0.5) is 14.5 Å². The van der Waals surface area contributed by atoms with Crippen molar-refractivity contribution in [3.05, 3.63) is 53.9 Å². The SMILES string of the molecule is O=C1NCCCN(C(=O)c2cccn2C(F)F)CCN2C(=O)[C@@]3(c4ccccc42)[C@@H]1C[C@@H]1CCCN13. The van der Waals surface area contributed by atoms with Crippen molar-refractivity contribution in [1.82, 2.24) is 19.7 Å². The quantitative estimate of drug-likeness (QED) is 0.692. The van der Waals surface area contributed by atoms with Gasteiger partial charge in [0.15, 0.2) is 0 Å². The molecule has 1 aromatic carbocycles. The highest BCUT2D eigenvalue weighted by molar-refractivity contribution is 6.11. The van der Waals surface area contributed by atoms with E-state index in [4.69, 9.17) is 0 Å². The maximum absolute atomic E-state index is 14.3. The zero-order valence-corrected chi connectivity index (χ0v) is 19.9. The summed E-state index contributed by atoms with van der Waals surface area (Å²) in [5, 5.41) is 3.01. The van der Waals surface area contributed by atoms with E-state index in [1.165, 1.54) is 23.2 Å². The van der Waals surface area contributed by atoms with Gasteiger partial charge >= 0.3 is 6.55 Å². The number of nitrogens with one attached hydrogen (secondary N) is 1. The van der Waals surface area contributed by atoms with Crippen LogP contribution in [0, 0.1) is 5.92 Å². The molecule has 1 spiro atoms. The predicted molar refractivity (Wildman–Crippen MR) is 128 cm³/mol. The van der Waals surface area contributed by atoms with Crippen LogP contribution < -0.4 is 10.2 Å². The largest absolute Gasteiger partial charge is 0.356 e. The van der Waals surface area contributed by atoms with Crippen molar-refractivity contribution in [2.75, 3.05) is 37.6 Å². The van der Waals surface area contributed by atoms with Crippen LogP contribution in [-0.2, 0) is 15.1 Å². The van der Waals surface area contributed by atoms with Crippen LogP contribution in [0.25, 0.3) is 0 Å². The Balaban J connectivity index is 1.39. The number of fused-ring (bicyclic) bond motifs is 4. The van der Waals surface area contributed by atoms with Crippen molar-refractivity contribution in [3.8, 4) is 0 Å². The van der Waals surface area contributed by atoms with Crippen molar-refractivity contribution in [2.45, 2.75) is 43.8 Å². The number of nitrogens with zero attached hydrogens (tertiary/aromatic N) is 4. The highest BCUT2D eigenvalue weighted by Gasteiger charge is 2.67. The minimum atomic E-state index is -2.83. The Labute approximate surface area is 207 Å². The fraction of sp³-hybridized carbons (Fsp3) is 0.500. The van der Waals surface area contributed by atoms with Crippen LogP contribution in [0.5, 0.6) is 0 Å². The van der Waals surface area contributed by atoms with Crippen molar-refractivity contribution in [1.29, 1.82) is 0 Å². The molecular weight excluding hydrogens is 468 g/mol. The monoisotopic (exact) mass is 497 g/mol. The number of aromatic nitrogens is 1. The molecule has 3 saturated heterocycles. The number of anilines is 1. The summed E-state index contributed by atoms with van der Waals surface area (Å²) in [4.78, 5) is 46.6. The van der Waals surface area contributed by atoms with E-state index in [1.54, 1.807) is 4.90 Å². The number of para-hydroxylation sites is 1. The Morgan fingerprint density at radius 2 is 1.86 bits per heavy atom. The first-order valence-electron chi connectivity index (χ1n) is 12.6. The maximum atomic E-state index is 14.3. The first kappa shape index (κ1) is 23.1. The molecule has 0 saturated carbocycles. The highest BCUT2D eigenvalue weighted by atomic mass is 19.3. The molecule has 2 aromatic rings. The van der Waals surface area contributed by atoms with Crippen molar-refractivity contribution in [3.63, 3.8) is 0 Å². The summed E-state index contributed by atoms with van der Waals surface area (Å²) < 4.78 is 27.6. The van der Waals surface area contributed by atoms with Gasteiger partial charge in [-0.2, -0.15) is 8.78 Å². The van der Waals surface area contributed by atoms with Crippen LogP contribution in [0.2, 0.25) is 0 Å². The van der Waals surface area contributed by atoms with E-state index >= 15 is 0 Å². The number of alkyl halides is 2. The zero-order valence-electron chi connectivity index (χ0n) is 19.9. The summed E-state index contributed by atoms with van der Waals surface area (Å²) in [6.45, 7) is -1.02. The lowest BCUT2D eigenvalue weighted by atomic mass is 9.78. The van der Waals surface area contributed by atoms with E-state index in [2.05, 4.69) is 10.2 Å². The second kappa shape index (κ2) is 8.69. The molecule has 4 aliphatic heterocycles. The van der Waals surface area contributed by atoms with Gasteiger partial charge in [0.1, 0.15) is 11.2 Å². The first-order valence-corrected chi connectivity index (χ1v) is 12.6. The molecule has 3 amide bonds. The molecule has 8 nitrogen and oxygen atoms in total. The summed E-state index contributed by atoms with van der Waals surface area (Å²) in [5.74, 6) is -1.26. The molecule has 0 aliphatic carbocycles. The average molecular weight is 498 g/mol. The van der Waals surface area contributed by atoms with E-state index in [9.17, 15) is 23.2 Å². The van der Waals surface area contributed by atoms with Gasteiger partial charge in [-0.3, -0.25) is 23.9 Å². The standard InChI is InChI=1S/C26H29F2N5O3/c27-25(28)32-12-4-9-21(32)23(35)30-11-5-10-29-22(34)19-16-17-6-3-13-33(17)26(19)18-7-1-2-8-20(18)31(15-14-30)24(26)36/h1-2,4,7-9,12,17,19,25H,3,5-6,10-11,13-16H2,(H,29,34)/t17-,19+,26+/m0/s1. The van der Waals surface area contributed by atoms with E-state index in [1.807, 2.05) is 24.3 Å². The number of benzene rings is 1. The second-order valence-corrected chi connectivity index (χ2v) is 10.0. The molecule has 1 aromatic heterocycles.